The molecule has 2 N–H and O–H groups in total. The largest absolute Gasteiger partial charge is 0.488 e. The first kappa shape index (κ1) is 22.4. The Morgan fingerprint density at radius 2 is 1.82 bits per heavy atom. The van der Waals surface area contributed by atoms with Crippen molar-refractivity contribution in [1.29, 1.82) is 0 Å². The highest BCUT2D eigenvalue weighted by Crippen LogP contribution is 2.42. The summed E-state index contributed by atoms with van der Waals surface area (Å²) in [6, 6.07) is 22.7. The van der Waals surface area contributed by atoms with Crippen LogP contribution in [-0.4, -0.2) is 32.8 Å². The van der Waals surface area contributed by atoms with Crippen molar-refractivity contribution in [1.82, 2.24) is 0 Å². The second-order valence-electron chi connectivity index (χ2n) is 9.25. The highest BCUT2D eigenvalue weighted by molar-refractivity contribution is 5.71. The molecule has 0 saturated carbocycles. The van der Waals surface area contributed by atoms with Crippen LogP contribution >= 0.6 is 0 Å². The molecule has 0 unspecified atom stereocenters. The molecule has 0 bridgehead atoms. The molecule has 2 aliphatic heterocycles. The Kier molecular flexibility index (Phi) is 6.52. The summed E-state index contributed by atoms with van der Waals surface area (Å²) in [4.78, 5) is 13.1. The zero-order valence-corrected chi connectivity index (χ0v) is 19.2. The van der Waals surface area contributed by atoms with E-state index >= 15 is 0 Å². The molecule has 0 aliphatic carbocycles. The normalized spacial score (nSPS) is 16.3. The molecule has 6 nitrogen and oxygen atoms in total. The average molecular weight is 459 g/mol. The van der Waals surface area contributed by atoms with Crippen molar-refractivity contribution in [2.24, 2.45) is 11.1 Å². The third kappa shape index (κ3) is 4.79. The predicted octanol–water partition coefficient (Wildman–Crippen LogP) is 4.29. The number of para-hydroxylation sites is 1. The smallest absolute Gasteiger partial charge is 0.293 e. The van der Waals surface area contributed by atoms with Gasteiger partial charge >= 0.3 is 0 Å². The Morgan fingerprint density at radius 1 is 0.971 bits per heavy atom. The standard InChI is InChI=1S/C28H30N2O4/c29-14-21-4-3-6-23(10-21)25-11-22(15-34-27-7-2-1-5-24(27)16-33-20-31)12-26(13-25)30-17-28(18-30)8-9-32-19-28/h1-7,10-13,20H,8-9,14-19,29H2. The molecule has 0 amide bonds. The number of anilines is 1. The molecule has 2 fully saturated rings. The van der Waals surface area contributed by atoms with E-state index in [0.29, 0.717) is 30.8 Å². The highest BCUT2D eigenvalue weighted by Gasteiger charge is 2.45. The van der Waals surface area contributed by atoms with Crippen LogP contribution in [0.2, 0.25) is 0 Å². The molecule has 0 radical (unpaired) electrons. The number of carbonyl (C=O) groups excluding carboxylic acids is 1. The summed E-state index contributed by atoms with van der Waals surface area (Å²) in [6.07, 6.45) is 1.14. The van der Waals surface area contributed by atoms with Crippen molar-refractivity contribution in [3.63, 3.8) is 0 Å². The van der Waals surface area contributed by atoms with Crippen molar-refractivity contribution in [2.75, 3.05) is 31.2 Å². The molecule has 2 saturated heterocycles. The molecule has 0 aromatic heterocycles. The quantitative estimate of drug-likeness (QED) is 0.482. The molecule has 2 heterocycles. The van der Waals surface area contributed by atoms with Gasteiger partial charge < -0.3 is 24.8 Å². The average Bonchev–Trinajstić information content (AvgIpc) is 3.36. The molecule has 34 heavy (non-hydrogen) atoms. The zero-order valence-electron chi connectivity index (χ0n) is 19.2. The summed E-state index contributed by atoms with van der Waals surface area (Å²) in [6.45, 7) is 5.34. The van der Waals surface area contributed by atoms with Gasteiger partial charge in [0, 0.05) is 42.9 Å². The maximum atomic E-state index is 10.6. The lowest BCUT2D eigenvalue weighted by Crippen LogP contribution is -2.57. The van der Waals surface area contributed by atoms with Gasteiger partial charge in [-0.05, 0) is 59.0 Å². The van der Waals surface area contributed by atoms with Crippen LogP contribution in [0.15, 0.2) is 66.7 Å². The van der Waals surface area contributed by atoms with Gasteiger partial charge in [0.2, 0.25) is 0 Å². The summed E-state index contributed by atoms with van der Waals surface area (Å²) in [7, 11) is 0. The van der Waals surface area contributed by atoms with E-state index in [1.54, 1.807) is 0 Å². The Labute approximate surface area is 200 Å². The van der Waals surface area contributed by atoms with Crippen LogP contribution in [0.1, 0.15) is 23.1 Å². The monoisotopic (exact) mass is 458 g/mol. The fourth-order valence-electron chi connectivity index (χ4n) is 4.88. The molecular formula is C28H30N2O4. The summed E-state index contributed by atoms with van der Waals surface area (Å²) < 4.78 is 16.8. The van der Waals surface area contributed by atoms with E-state index < -0.39 is 0 Å². The first-order valence-electron chi connectivity index (χ1n) is 11.7. The van der Waals surface area contributed by atoms with E-state index in [1.807, 2.05) is 24.3 Å². The summed E-state index contributed by atoms with van der Waals surface area (Å²) in [5, 5.41) is 0. The summed E-state index contributed by atoms with van der Waals surface area (Å²) in [5.74, 6) is 0.715. The number of benzene rings is 3. The van der Waals surface area contributed by atoms with Gasteiger partial charge in [-0.25, -0.2) is 0 Å². The van der Waals surface area contributed by atoms with Crippen LogP contribution in [0.5, 0.6) is 5.75 Å². The number of rotatable bonds is 9. The Morgan fingerprint density at radius 3 is 2.62 bits per heavy atom. The van der Waals surface area contributed by atoms with Crippen molar-refractivity contribution >= 4 is 12.2 Å². The molecular weight excluding hydrogens is 428 g/mol. The van der Waals surface area contributed by atoms with Gasteiger partial charge in [0.1, 0.15) is 19.0 Å². The van der Waals surface area contributed by atoms with E-state index in [0.717, 1.165) is 60.5 Å². The lowest BCUT2D eigenvalue weighted by atomic mass is 9.79. The van der Waals surface area contributed by atoms with Crippen LogP contribution in [0.4, 0.5) is 5.69 Å². The molecule has 5 rings (SSSR count). The van der Waals surface area contributed by atoms with Gasteiger partial charge in [0.25, 0.3) is 6.47 Å². The Bertz CT molecular complexity index is 1150. The third-order valence-corrected chi connectivity index (χ3v) is 6.75. The van der Waals surface area contributed by atoms with Gasteiger partial charge in [-0.15, -0.1) is 0 Å². The molecule has 0 atom stereocenters. The maximum Gasteiger partial charge on any atom is 0.293 e. The first-order chi connectivity index (χ1) is 16.7. The Hall–Kier alpha value is -3.35. The summed E-state index contributed by atoms with van der Waals surface area (Å²) >= 11 is 0. The molecule has 176 valence electrons. The van der Waals surface area contributed by atoms with Crippen molar-refractivity contribution in [2.45, 2.75) is 26.2 Å². The zero-order chi connectivity index (χ0) is 23.4. The number of hydrogen-bond acceptors (Lipinski definition) is 6. The number of nitrogens with two attached hydrogens (primary N) is 1. The number of ether oxygens (including phenoxy) is 3. The fourth-order valence-corrected chi connectivity index (χ4v) is 4.88. The second kappa shape index (κ2) is 9.87. The van der Waals surface area contributed by atoms with Crippen LogP contribution in [0.3, 0.4) is 0 Å². The molecule has 6 heteroatoms. The number of hydrogen-bond donors (Lipinski definition) is 1. The van der Waals surface area contributed by atoms with E-state index in [9.17, 15) is 4.79 Å². The van der Waals surface area contributed by atoms with E-state index in [2.05, 4.69) is 47.4 Å². The van der Waals surface area contributed by atoms with Crippen LogP contribution in [-0.2, 0) is 34.0 Å². The van der Waals surface area contributed by atoms with Gasteiger partial charge in [-0.3, -0.25) is 4.79 Å². The topological polar surface area (TPSA) is 74.0 Å². The number of nitrogens with zero attached hydrogens (tertiary/aromatic N) is 1. The third-order valence-electron chi connectivity index (χ3n) is 6.75. The predicted molar refractivity (Wildman–Crippen MR) is 131 cm³/mol. The summed E-state index contributed by atoms with van der Waals surface area (Å²) in [5.41, 5.74) is 12.7. The maximum absolute atomic E-state index is 10.6. The van der Waals surface area contributed by atoms with E-state index in [-0.39, 0.29) is 6.61 Å². The number of carbonyl (C=O) groups is 1. The van der Waals surface area contributed by atoms with Crippen LogP contribution in [0.25, 0.3) is 11.1 Å². The van der Waals surface area contributed by atoms with Crippen molar-refractivity contribution < 1.29 is 19.0 Å². The minimum absolute atomic E-state index is 0.189. The lowest BCUT2D eigenvalue weighted by Gasteiger charge is -2.48. The minimum Gasteiger partial charge on any atom is -0.488 e. The van der Waals surface area contributed by atoms with Crippen LogP contribution in [0, 0.1) is 5.41 Å². The molecule has 2 aliphatic rings. The molecule has 3 aromatic rings. The first-order valence-corrected chi connectivity index (χ1v) is 11.7. The fraction of sp³-hybridized carbons (Fsp3) is 0.321. The van der Waals surface area contributed by atoms with Crippen LogP contribution < -0.4 is 15.4 Å². The van der Waals surface area contributed by atoms with Gasteiger partial charge in [-0.2, -0.15) is 0 Å². The SMILES string of the molecule is NCc1cccc(-c2cc(COc3ccccc3COC=O)cc(N3CC4(CCOC4)C3)c2)c1. The highest BCUT2D eigenvalue weighted by atomic mass is 16.5. The van der Waals surface area contributed by atoms with Gasteiger partial charge in [0.15, 0.2) is 0 Å². The Balaban J connectivity index is 1.41. The van der Waals surface area contributed by atoms with E-state index in [1.165, 1.54) is 5.69 Å². The van der Waals surface area contributed by atoms with Crippen molar-refractivity contribution in [3.05, 3.63) is 83.4 Å². The molecule has 3 aromatic carbocycles. The minimum atomic E-state index is 0.189. The van der Waals surface area contributed by atoms with Crippen molar-refractivity contribution in [3.8, 4) is 16.9 Å². The van der Waals surface area contributed by atoms with Gasteiger partial charge in [-0.1, -0.05) is 36.4 Å². The molecule has 1 spiro atoms. The second-order valence-corrected chi connectivity index (χ2v) is 9.25. The van der Waals surface area contributed by atoms with Gasteiger partial charge in [0.05, 0.1) is 6.61 Å². The lowest BCUT2D eigenvalue weighted by molar-refractivity contribution is -0.129. The van der Waals surface area contributed by atoms with E-state index in [4.69, 9.17) is 19.9 Å².